The van der Waals surface area contributed by atoms with Crippen LogP contribution in [0.5, 0.6) is 0 Å². The first-order chi connectivity index (χ1) is 18.0. The van der Waals surface area contributed by atoms with Crippen molar-refractivity contribution in [3.8, 4) is 0 Å². The second-order valence-corrected chi connectivity index (χ2v) is 9.20. The van der Waals surface area contributed by atoms with E-state index in [1.807, 2.05) is 36.5 Å². The van der Waals surface area contributed by atoms with E-state index >= 15 is 0 Å². The molecule has 188 valence electrons. The highest BCUT2D eigenvalue weighted by atomic mass is 19.1. The number of carbonyl (C=O) groups is 3. The number of aromatic amines is 1. The van der Waals surface area contributed by atoms with Gasteiger partial charge in [-0.25, -0.2) is 4.39 Å². The predicted molar refractivity (Wildman–Crippen MR) is 139 cm³/mol. The van der Waals surface area contributed by atoms with Crippen molar-refractivity contribution < 1.29 is 18.8 Å². The minimum atomic E-state index is -0.520. The molecular weight excluding hydrogens is 471 g/mol. The molecule has 3 aromatic carbocycles. The SMILES string of the molecule is O=C(NCc1ccccc1)c1ccccc1NC(=O)[C@H]1CC(=O)N(CCc2c[nH]c3ccc(F)cc23)C1. The molecule has 0 unspecified atom stereocenters. The Morgan fingerprint density at radius 1 is 1.03 bits per heavy atom. The van der Waals surface area contributed by atoms with Crippen molar-refractivity contribution in [2.75, 3.05) is 18.4 Å². The van der Waals surface area contributed by atoms with Gasteiger partial charge >= 0.3 is 0 Å². The van der Waals surface area contributed by atoms with E-state index in [1.54, 1.807) is 35.2 Å². The third-order valence-electron chi connectivity index (χ3n) is 6.69. The molecule has 0 bridgehead atoms. The maximum absolute atomic E-state index is 13.7. The van der Waals surface area contributed by atoms with Gasteiger partial charge in [-0.1, -0.05) is 42.5 Å². The van der Waals surface area contributed by atoms with E-state index in [4.69, 9.17) is 0 Å². The highest BCUT2D eigenvalue weighted by Gasteiger charge is 2.34. The molecule has 1 aliphatic heterocycles. The van der Waals surface area contributed by atoms with E-state index in [-0.39, 0.29) is 30.0 Å². The van der Waals surface area contributed by atoms with Gasteiger partial charge in [-0.05, 0) is 47.9 Å². The van der Waals surface area contributed by atoms with E-state index in [2.05, 4.69) is 15.6 Å². The molecule has 2 heterocycles. The van der Waals surface area contributed by atoms with Crippen molar-refractivity contribution >= 4 is 34.3 Å². The Balaban J connectivity index is 1.19. The highest BCUT2D eigenvalue weighted by molar-refractivity contribution is 6.05. The summed E-state index contributed by atoms with van der Waals surface area (Å²) in [5.41, 5.74) is 3.50. The van der Waals surface area contributed by atoms with Gasteiger partial charge in [0.1, 0.15) is 5.82 Å². The Labute approximate surface area is 213 Å². The lowest BCUT2D eigenvalue weighted by Gasteiger charge is -2.17. The number of likely N-dealkylation sites (tertiary alicyclic amines) is 1. The Hall–Kier alpha value is -4.46. The van der Waals surface area contributed by atoms with Crippen molar-refractivity contribution in [1.82, 2.24) is 15.2 Å². The lowest BCUT2D eigenvalue weighted by Crippen LogP contribution is -2.30. The zero-order valence-electron chi connectivity index (χ0n) is 20.2. The number of benzene rings is 3. The summed E-state index contributed by atoms with van der Waals surface area (Å²) in [5.74, 6) is -1.52. The number of aromatic nitrogens is 1. The lowest BCUT2D eigenvalue weighted by molar-refractivity contribution is -0.128. The number of nitrogens with zero attached hydrogens (tertiary/aromatic N) is 1. The number of para-hydroxylation sites is 1. The van der Waals surface area contributed by atoms with E-state index in [0.717, 1.165) is 22.0 Å². The summed E-state index contributed by atoms with van der Waals surface area (Å²) in [7, 11) is 0. The number of hydrogen-bond acceptors (Lipinski definition) is 3. The van der Waals surface area contributed by atoms with Gasteiger partial charge in [0.15, 0.2) is 0 Å². The number of hydrogen-bond donors (Lipinski definition) is 3. The van der Waals surface area contributed by atoms with Crippen LogP contribution >= 0.6 is 0 Å². The fourth-order valence-electron chi connectivity index (χ4n) is 4.68. The maximum atomic E-state index is 13.7. The third kappa shape index (κ3) is 5.53. The summed E-state index contributed by atoms with van der Waals surface area (Å²) in [4.78, 5) is 43.3. The molecule has 37 heavy (non-hydrogen) atoms. The quantitative estimate of drug-likeness (QED) is 0.339. The van der Waals surface area contributed by atoms with Gasteiger partial charge in [-0.2, -0.15) is 0 Å². The van der Waals surface area contributed by atoms with E-state index < -0.39 is 5.92 Å². The fourth-order valence-corrected chi connectivity index (χ4v) is 4.68. The largest absolute Gasteiger partial charge is 0.361 e. The van der Waals surface area contributed by atoms with Crippen LogP contribution in [0.15, 0.2) is 79.0 Å². The number of halogens is 1. The molecule has 3 N–H and O–H groups in total. The van der Waals surface area contributed by atoms with Crippen molar-refractivity contribution in [2.24, 2.45) is 5.92 Å². The molecule has 1 fully saturated rings. The fraction of sp³-hybridized carbons (Fsp3) is 0.207. The second-order valence-electron chi connectivity index (χ2n) is 9.20. The molecule has 3 amide bonds. The van der Waals surface area contributed by atoms with E-state index in [0.29, 0.717) is 37.3 Å². The monoisotopic (exact) mass is 498 g/mol. The van der Waals surface area contributed by atoms with Crippen LogP contribution in [0, 0.1) is 11.7 Å². The first-order valence-electron chi connectivity index (χ1n) is 12.2. The molecule has 0 spiro atoms. The summed E-state index contributed by atoms with van der Waals surface area (Å²) in [5, 5.41) is 6.52. The molecule has 1 saturated heterocycles. The summed E-state index contributed by atoms with van der Waals surface area (Å²) < 4.78 is 13.7. The average molecular weight is 499 g/mol. The molecule has 1 aliphatic rings. The van der Waals surface area contributed by atoms with E-state index in [9.17, 15) is 18.8 Å². The Kier molecular flexibility index (Phi) is 6.98. The van der Waals surface area contributed by atoms with Crippen LogP contribution in [0.2, 0.25) is 0 Å². The van der Waals surface area contributed by atoms with Gasteiger partial charge in [0.05, 0.1) is 17.2 Å². The second kappa shape index (κ2) is 10.7. The number of anilines is 1. The van der Waals surface area contributed by atoms with Gasteiger partial charge < -0.3 is 20.5 Å². The van der Waals surface area contributed by atoms with Crippen LogP contribution in [0.1, 0.15) is 27.9 Å². The lowest BCUT2D eigenvalue weighted by atomic mass is 10.1. The number of nitrogens with one attached hydrogen (secondary N) is 3. The number of amides is 3. The first kappa shape index (κ1) is 24.2. The van der Waals surface area contributed by atoms with Crippen molar-refractivity contribution in [1.29, 1.82) is 0 Å². The Morgan fingerprint density at radius 2 is 1.81 bits per heavy atom. The minimum absolute atomic E-state index is 0.0972. The predicted octanol–water partition coefficient (Wildman–Crippen LogP) is 4.27. The zero-order valence-corrected chi connectivity index (χ0v) is 20.2. The average Bonchev–Trinajstić information content (AvgIpc) is 3.49. The molecular formula is C29H27FN4O3. The number of carbonyl (C=O) groups excluding carboxylic acids is 3. The Bertz CT molecular complexity index is 1450. The highest BCUT2D eigenvalue weighted by Crippen LogP contribution is 2.24. The molecule has 0 aliphatic carbocycles. The molecule has 0 radical (unpaired) electrons. The number of H-pyrrole nitrogens is 1. The molecule has 5 rings (SSSR count). The Morgan fingerprint density at radius 3 is 2.65 bits per heavy atom. The smallest absolute Gasteiger partial charge is 0.253 e. The van der Waals surface area contributed by atoms with Crippen LogP contribution in [-0.2, 0) is 22.6 Å². The molecule has 4 aromatic rings. The van der Waals surface area contributed by atoms with Crippen LogP contribution in [0.3, 0.4) is 0 Å². The molecule has 1 atom stereocenters. The first-order valence-corrected chi connectivity index (χ1v) is 12.2. The van der Waals surface area contributed by atoms with Crippen molar-refractivity contribution in [3.63, 3.8) is 0 Å². The van der Waals surface area contributed by atoms with Crippen LogP contribution < -0.4 is 10.6 Å². The van der Waals surface area contributed by atoms with Gasteiger partial charge in [-0.15, -0.1) is 0 Å². The summed E-state index contributed by atoms with van der Waals surface area (Å²) in [6, 6.07) is 21.0. The minimum Gasteiger partial charge on any atom is -0.361 e. The maximum Gasteiger partial charge on any atom is 0.253 e. The third-order valence-corrected chi connectivity index (χ3v) is 6.69. The topological polar surface area (TPSA) is 94.3 Å². The number of rotatable bonds is 8. The molecule has 7 nitrogen and oxygen atoms in total. The summed E-state index contributed by atoms with van der Waals surface area (Å²) in [6.45, 7) is 1.10. The van der Waals surface area contributed by atoms with E-state index in [1.165, 1.54) is 12.1 Å². The van der Waals surface area contributed by atoms with Crippen LogP contribution in [-0.4, -0.2) is 40.7 Å². The normalized spacial score (nSPS) is 15.2. The molecule has 0 saturated carbocycles. The van der Waals surface area contributed by atoms with Crippen LogP contribution in [0.4, 0.5) is 10.1 Å². The van der Waals surface area contributed by atoms with Gasteiger partial charge in [0, 0.05) is 43.2 Å². The zero-order chi connectivity index (χ0) is 25.8. The molecule has 8 heteroatoms. The van der Waals surface area contributed by atoms with Crippen molar-refractivity contribution in [2.45, 2.75) is 19.4 Å². The molecule has 1 aromatic heterocycles. The van der Waals surface area contributed by atoms with Gasteiger partial charge in [-0.3, -0.25) is 14.4 Å². The summed E-state index contributed by atoms with van der Waals surface area (Å²) in [6.07, 6.45) is 2.49. The van der Waals surface area contributed by atoms with Crippen molar-refractivity contribution in [3.05, 3.63) is 102 Å². The standard InChI is InChI=1S/C29H27FN4O3/c30-22-10-11-25-24(15-22)20(17-31-25)12-13-34-18-21(14-27(34)35)28(36)33-26-9-5-4-8-23(26)29(37)32-16-19-6-2-1-3-7-19/h1-11,15,17,21,31H,12-14,16,18H2,(H,32,37)(H,33,36)/t21-/m0/s1. The van der Waals surface area contributed by atoms with Gasteiger partial charge in [0.2, 0.25) is 11.8 Å². The summed E-state index contributed by atoms with van der Waals surface area (Å²) >= 11 is 0. The number of fused-ring (bicyclic) bond motifs is 1. The van der Waals surface area contributed by atoms with Crippen LogP contribution in [0.25, 0.3) is 10.9 Å². The van der Waals surface area contributed by atoms with Gasteiger partial charge in [0.25, 0.3) is 5.91 Å².